The van der Waals surface area contributed by atoms with E-state index in [4.69, 9.17) is 5.14 Å². The Labute approximate surface area is 187 Å². The largest absolute Gasteiger partial charge is 0.433 e. The van der Waals surface area contributed by atoms with Crippen LogP contribution < -0.4 is 5.14 Å². The van der Waals surface area contributed by atoms with Gasteiger partial charge in [0.15, 0.2) is 17.5 Å². The number of aromatic nitrogens is 3. The van der Waals surface area contributed by atoms with Crippen molar-refractivity contribution in [3.63, 3.8) is 0 Å². The summed E-state index contributed by atoms with van der Waals surface area (Å²) < 4.78 is 90.7. The van der Waals surface area contributed by atoms with Crippen molar-refractivity contribution in [3.05, 3.63) is 71.4 Å². The summed E-state index contributed by atoms with van der Waals surface area (Å²) in [6.45, 7) is 0. The summed E-state index contributed by atoms with van der Waals surface area (Å²) in [5, 5.41) is 6.55. The molecule has 0 atom stereocenters. The summed E-state index contributed by atoms with van der Waals surface area (Å²) in [5.74, 6) is -2.81. The summed E-state index contributed by atoms with van der Waals surface area (Å²) >= 11 is 0.815. The van der Waals surface area contributed by atoms with Gasteiger partial charge in [-0.1, -0.05) is 0 Å². The average molecular weight is 498 g/mol. The second kappa shape index (κ2) is 8.24. The van der Waals surface area contributed by atoms with Crippen molar-refractivity contribution in [3.8, 4) is 33.9 Å². The van der Waals surface area contributed by atoms with Crippen LogP contribution in [-0.2, 0) is 16.2 Å². The summed E-state index contributed by atoms with van der Waals surface area (Å²) in [6, 6.07) is 7.28. The maximum atomic E-state index is 13.7. The monoisotopic (exact) mass is 498 g/mol. The van der Waals surface area contributed by atoms with Crippen molar-refractivity contribution in [1.29, 1.82) is 0 Å². The van der Waals surface area contributed by atoms with E-state index in [1.807, 2.05) is 0 Å². The number of primary sulfonamides is 1. The fraction of sp³-hybridized carbons (Fsp3) is 0.0500. The van der Waals surface area contributed by atoms with E-state index in [-0.39, 0.29) is 32.3 Å². The lowest BCUT2D eigenvalue weighted by atomic mass is 10.1. The second-order valence-electron chi connectivity index (χ2n) is 6.69. The molecule has 0 fully saturated rings. The minimum Gasteiger partial charge on any atom is -0.255 e. The molecule has 170 valence electrons. The number of sulfonamides is 1. The number of thiophene rings is 1. The summed E-state index contributed by atoms with van der Waals surface area (Å²) in [4.78, 5) is 11.9. The zero-order valence-electron chi connectivity index (χ0n) is 16.1. The molecule has 0 bridgehead atoms. The lowest BCUT2D eigenvalue weighted by Gasteiger charge is -2.12. The minimum atomic E-state index is -4.86. The molecule has 0 spiro atoms. The number of halogens is 5. The molecule has 0 radical (unpaired) electrons. The first kappa shape index (κ1) is 22.9. The Hall–Kier alpha value is -3.29. The molecule has 6 nitrogen and oxygen atoms in total. The number of hydrogen-bond acceptors (Lipinski definition) is 6. The number of pyridine rings is 1. The van der Waals surface area contributed by atoms with Crippen molar-refractivity contribution < 1.29 is 30.4 Å². The van der Waals surface area contributed by atoms with Crippen LogP contribution in [-0.4, -0.2) is 23.4 Å². The quantitative estimate of drug-likeness (QED) is 0.405. The Morgan fingerprint density at radius 1 is 0.939 bits per heavy atom. The molecule has 3 aromatic heterocycles. The Bertz CT molecular complexity index is 1470. The third-order valence-electron chi connectivity index (χ3n) is 4.41. The maximum absolute atomic E-state index is 13.7. The van der Waals surface area contributed by atoms with Gasteiger partial charge >= 0.3 is 6.18 Å². The minimum absolute atomic E-state index is 0.0613. The number of alkyl halides is 3. The number of hydrogen-bond donors (Lipinski definition) is 1. The van der Waals surface area contributed by atoms with Crippen LogP contribution in [0.4, 0.5) is 22.0 Å². The van der Waals surface area contributed by atoms with E-state index in [9.17, 15) is 30.4 Å². The van der Waals surface area contributed by atoms with Crippen LogP contribution in [0.2, 0.25) is 0 Å². The van der Waals surface area contributed by atoms with E-state index >= 15 is 0 Å². The summed E-state index contributed by atoms with van der Waals surface area (Å²) in [5.41, 5.74) is -1.25. The highest BCUT2D eigenvalue weighted by molar-refractivity contribution is 7.91. The van der Waals surface area contributed by atoms with Crippen LogP contribution in [0.25, 0.3) is 33.9 Å². The first-order chi connectivity index (χ1) is 15.4. The number of nitrogens with zero attached hydrogens (tertiary/aromatic N) is 3. The van der Waals surface area contributed by atoms with E-state index in [0.29, 0.717) is 6.07 Å². The van der Waals surface area contributed by atoms with Crippen LogP contribution in [0.1, 0.15) is 5.69 Å². The first-order valence-corrected chi connectivity index (χ1v) is 11.3. The van der Waals surface area contributed by atoms with Gasteiger partial charge in [0.05, 0.1) is 11.4 Å². The highest BCUT2D eigenvalue weighted by Crippen LogP contribution is 2.36. The molecule has 1 aromatic carbocycles. The maximum Gasteiger partial charge on any atom is 0.433 e. The predicted molar refractivity (Wildman–Crippen MR) is 110 cm³/mol. The van der Waals surface area contributed by atoms with Crippen molar-refractivity contribution in [2.45, 2.75) is 10.4 Å². The van der Waals surface area contributed by atoms with Crippen molar-refractivity contribution in [2.24, 2.45) is 5.14 Å². The van der Waals surface area contributed by atoms with Gasteiger partial charge in [0, 0.05) is 28.3 Å². The molecule has 0 saturated carbocycles. The molecule has 4 aromatic rings. The van der Waals surface area contributed by atoms with Crippen molar-refractivity contribution in [1.82, 2.24) is 15.0 Å². The Morgan fingerprint density at radius 2 is 1.70 bits per heavy atom. The fourth-order valence-electron chi connectivity index (χ4n) is 2.92. The van der Waals surface area contributed by atoms with Crippen LogP contribution in [0.5, 0.6) is 0 Å². The predicted octanol–water partition coefficient (Wildman–Crippen LogP) is 4.88. The lowest BCUT2D eigenvalue weighted by molar-refractivity contribution is -0.141. The van der Waals surface area contributed by atoms with E-state index in [2.05, 4.69) is 15.0 Å². The van der Waals surface area contributed by atoms with Crippen LogP contribution in [0, 0.1) is 11.6 Å². The SMILES string of the molecule is NS(=O)(=O)c1cc(-c2ncccc2-c2nc(-c3ccc(F)c(F)c3)cc(C(F)(F)F)n2)cs1. The van der Waals surface area contributed by atoms with Gasteiger partial charge in [0.25, 0.3) is 0 Å². The van der Waals surface area contributed by atoms with Gasteiger partial charge in [-0.3, -0.25) is 4.98 Å². The Kier molecular flexibility index (Phi) is 5.72. The van der Waals surface area contributed by atoms with Gasteiger partial charge in [-0.2, -0.15) is 13.2 Å². The van der Waals surface area contributed by atoms with E-state index in [1.54, 1.807) is 0 Å². The molecular weight excluding hydrogens is 487 g/mol. The molecule has 13 heteroatoms. The third-order valence-corrected chi connectivity index (χ3v) is 6.80. The number of benzene rings is 1. The van der Waals surface area contributed by atoms with Gasteiger partial charge in [-0.25, -0.2) is 32.3 Å². The van der Waals surface area contributed by atoms with Crippen LogP contribution in [0.15, 0.2) is 58.3 Å². The standard InChI is InChI=1S/C20H11F5N4O2S2/c21-13-4-3-10(6-14(13)22)15-8-16(20(23,24)25)29-19(28-15)12-2-1-5-27-18(12)11-7-17(32-9-11)33(26,30)31/h1-9H,(H2,26,30,31). The van der Waals surface area contributed by atoms with Crippen LogP contribution >= 0.6 is 11.3 Å². The summed E-state index contributed by atoms with van der Waals surface area (Å²) in [7, 11) is -4.00. The van der Waals surface area contributed by atoms with Gasteiger partial charge in [-0.05, 0) is 42.5 Å². The molecule has 3 heterocycles. The molecule has 0 unspecified atom stereocenters. The van der Waals surface area contributed by atoms with E-state index in [1.165, 1.54) is 29.8 Å². The topological polar surface area (TPSA) is 98.8 Å². The Morgan fingerprint density at radius 3 is 2.33 bits per heavy atom. The molecule has 4 rings (SSSR count). The first-order valence-electron chi connectivity index (χ1n) is 8.92. The Balaban J connectivity index is 1.93. The van der Waals surface area contributed by atoms with Gasteiger partial charge in [-0.15, -0.1) is 11.3 Å². The molecule has 0 amide bonds. The lowest BCUT2D eigenvalue weighted by Crippen LogP contribution is -2.11. The third kappa shape index (κ3) is 4.74. The number of rotatable bonds is 4. The zero-order chi connectivity index (χ0) is 24.0. The smallest absolute Gasteiger partial charge is 0.255 e. The second-order valence-corrected chi connectivity index (χ2v) is 9.39. The average Bonchev–Trinajstić information content (AvgIpc) is 3.25. The molecule has 0 aliphatic heterocycles. The van der Waals surface area contributed by atoms with Crippen LogP contribution in [0.3, 0.4) is 0 Å². The van der Waals surface area contributed by atoms with Gasteiger partial charge in [0.2, 0.25) is 10.0 Å². The highest BCUT2D eigenvalue weighted by atomic mass is 32.2. The summed E-state index contributed by atoms with van der Waals surface area (Å²) in [6.07, 6.45) is -3.51. The van der Waals surface area contributed by atoms with Crippen molar-refractivity contribution >= 4 is 21.4 Å². The van der Waals surface area contributed by atoms with Gasteiger partial charge < -0.3 is 0 Å². The molecule has 33 heavy (non-hydrogen) atoms. The van der Waals surface area contributed by atoms with Crippen molar-refractivity contribution in [2.75, 3.05) is 0 Å². The molecule has 0 saturated heterocycles. The zero-order valence-corrected chi connectivity index (χ0v) is 17.8. The molecular formula is C20H11F5N4O2S2. The number of nitrogens with two attached hydrogens (primary N) is 1. The van der Waals surface area contributed by atoms with E-state index in [0.717, 1.165) is 29.5 Å². The van der Waals surface area contributed by atoms with Gasteiger partial charge in [0.1, 0.15) is 9.90 Å². The molecule has 2 N–H and O–H groups in total. The van der Waals surface area contributed by atoms with E-state index < -0.39 is 39.4 Å². The highest BCUT2D eigenvalue weighted by Gasteiger charge is 2.34. The molecule has 0 aliphatic rings. The normalized spacial score (nSPS) is 12.2. The molecule has 0 aliphatic carbocycles. The fourth-order valence-corrected chi connectivity index (χ4v) is 4.51.